The van der Waals surface area contributed by atoms with Gasteiger partial charge in [-0.15, -0.1) is 0 Å². The van der Waals surface area contributed by atoms with Gasteiger partial charge in [-0.05, 0) is 52.0 Å². The molecule has 2 rings (SSSR count). The highest BCUT2D eigenvalue weighted by Crippen LogP contribution is 2.24. The number of nitrogens with one attached hydrogen (secondary N) is 1. The van der Waals surface area contributed by atoms with Crippen LogP contribution in [0.4, 0.5) is 10.2 Å². The topological polar surface area (TPSA) is 28.2 Å². The van der Waals surface area contributed by atoms with E-state index < -0.39 is 0 Å². The molecule has 1 N–H and O–H groups in total. The second kappa shape index (κ2) is 6.73. The van der Waals surface area contributed by atoms with Crippen LogP contribution in [0.1, 0.15) is 52.5 Å². The van der Waals surface area contributed by atoms with Gasteiger partial charge in [-0.25, -0.2) is 9.37 Å². The van der Waals surface area contributed by atoms with Crippen molar-refractivity contribution >= 4 is 5.82 Å². The normalized spacial score (nSPS) is 20.4. The number of hydrogen-bond donors (Lipinski definition) is 1. The molecule has 1 saturated heterocycles. The summed E-state index contributed by atoms with van der Waals surface area (Å²) in [7, 11) is 0. The molecule has 0 amide bonds. The van der Waals surface area contributed by atoms with Crippen molar-refractivity contribution in [2.24, 2.45) is 5.92 Å². The molecule has 0 aromatic carbocycles. The third-order valence-corrected chi connectivity index (χ3v) is 4.08. The molecule has 0 radical (unpaired) electrons. The Morgan fingerprint density at radius 2 is 2.10 bits per heavy atom. The first-order valence-corrected chi connectivity index (χ1v) is 8.00. The molecule has 1 fully saturated rings. The minimum absolute atomic E-state index is 0.0199. The first-order chi connectivity index (χ1) is 9.87. The predicted octanol–water partition coefficient (Wildman–Crippen LogP) is 3.74. The molecule has 0 spiro atoms. The minimum atomic E-state index is -0.163. The van der Waals surface area contributed by atoms with Crippen molar-refractivity contribution in [1.29, 1.82) is 0 Å². The van der Waals surface area contributed by atoms with Crippen molar-refractivity contribution in [1.82, 2.24) is 10.3 Å². The number of nitrogens with zero attached hydrogens (tertiary/aromatic N) is 2. The summed E-state index contributed by atoms with van der Waals surface area (Å²) in [5.41, 5.74) is 0.681. The lowest BCUT2D eigenvalue weighted by Gasteiger charge is -2.24. The van der Waals surface area contributed by atoms with Gasteiger partial charge in [-0.2, -0.15) is 0 Å². The molecule has 4 heteroatoms. The van der Waals surface area contributed by atoms with Crippen LogP contribution in [0.15, 0.2) is 12.3 Å². The number of hydrogen-bond acceptors (Lipinski definition) is 3. The Bertz CT molecular complexity index is 468. The molecule has 1 aromatic heterocycles. The summed E-state index contributed by atoms with van der Waals surface area (Å²) in [4.78, 5) is 6.41. The summed E-state index contributed by atoms with van der Waals surface area (Å²) in [6, 6.07) is 1.78. The van der Waals surface area contributed by atoms with Crippen molar-refractivity contribution in [2.45, 2.75) is 59.0 Å². The summed E-state index contributed by atoms with van der Waals surface area (Å²) in [6.07, 6.45) is 5.19. The lowest BCUT2D eigenvalue weighted by atomic mass is 10.0. The molecule has 1 atom stereocenters. The molecular weight excluding hydrogens is 265 g/mol. The maximum atomic E-state index is 14.7. The smallest absolute Gasteiger partial charge is 0.170 e. The van der Waals surface area contributed by atoms with Crippen LogP contribution < -0.4 is 10.2 Å². The monoisotopic (exact) mass is 293 g/mol. The van der Waals surface area contributed by atoms with Crippen LogP contribution in [0.5, 0.6) is 0 Å². The van der Waals surface area contributed by atoms with E-state index in [-0.39, 0.29) is 11.4 Å². The van der Waals surface area contributed by atoms with Gasteiger partial charge < -0.3 is 10.2 Å². The van der Waals surface area contributed by atoms with Gasteiger partial charge in [0.05, 0.1) is 0 Å². The molecule has 1 aromatic rings. The summed E-state index contributed by atoms with van der Waals surface area (Å²) >= 11 is 0. The van der Waals surface area contributed by atoms with Gasteiger partial charge in [-0.3, -0.25) is 0 Å². The largest absolute Gasteiger partial charge is 0.354 e. The zero-order valence-corrected chi connectivity index (χ0v) is 13.7. The fourth-order valence-electron chi connectivity index (χ4n) is 2.66. The summed E-state index contributed by atoms with van der Waals surface area (Å²) < 4.78 is 14.7. The Kier molecular flexibility index (Phi) is 5.20. The summed E-state index contributed by atoms with van der Waals surface area (Å²) in [5, 5.41) is 3.34. The number of rotatable bonds is 3. The molecule has 2 heterocycles. The Labute approximate surface area is 127 Å². The molecular formula is C17H28FN3. The SMILES string of the molecule is CC1CCCN(c2nccc(CNC(C)(C)C)c2F)CC1. The zero-order chi connectivity index (χ0) is 15.5. The van der Waals surface area contributed by atoms with Gasteiger partial charge in [0.2, 0.25) is 0 Å². The van der Waals surface area contributed by atoms with Gasteiger partial charge in [0.25, 0.3) is 0 Å². The fourth-order valence-corrected chi connectivity index (χ4v) is 2.66. The highest BCUT2D eigenvalue weighted by Gasteiger charge is 2.20. The van der Waals surface area contributed by atoms with Gasteiger partial charge in [0, 0.05) is 36.9 Å². The molecule has 1 unspecified atom stereocenters. The van der Waals surface area contributed by atoms with Gasteiger partial charge in [0.1, 0.15) is 0 Å². The maximum absolute atomic E-state index is 14.7. The Balaban J connectivity index is 2.13. The van der Waals surface area contributed by atoms with E-state index in [1.54, 1.807) is 12.3 Å². The van der Waals surface area contributed by atoms with Crippen molar-refractivity contribution in [2.75, 3.05) is 18.0 Å². The van der Waals surface area contributed by atoms with Crippen LogP contribution >= 0.6 is 0 Å². The number of aromatic nitrogens is 1. The van der Waals surface area contributed by atoms with E-state index in [4.69, 9.17) is 0 Å². The van der Waals surface area contributed by atoms with Crippen molar-refractivity contribution in [3.63, 3.8) is 0 Å². The molecule has 0 bridgehead atoms. The highest BCUT2D eigenvalue weighted by atomic mass is 19.1. The zero-order valence-electron chi connectivity index (χ0n) is 13.7. The fraction of sp³-hybridized carbons (Fsp3) is 0.706. The molecule has 3 nitrogen and oxygen atoms in total. The lowest BCUT2D eigenvalue weighted by Crippen LogP contribution is -2.35. The number of anilines is 1. The maximum Gasteiger partial charge on any atom is 0.170 e. The lowest BCUT2D eigenvalue weighted by molar-refractivity contribution is 0.418. The summed E-state index contributed by atoms with van der Waals surface area (Å²) in [6.45, 7) is 10.9. The molecule has 1 aliphatic rings. The van der Waals surface area contributed by atoms with Gasteiger partial charge in [-0.1, -0.05) is 6.92 Å². The van der Waals surface area contributed by atoms with E-state index in [0.717, 1.165) is 31.8 Å². The molecule has 21 heavy (non-hydrogen) atoms. The Morgan fingerprint density at radius 1 is 1.33 bits per heavy atom. The third kappa shape index (κ3) is 4.67. The number of halogens is 1. The van der Waals surface area contributed by atoms with Gasteiger partial charge >= 0.3 is 0 Å². The van der Waals surface area contributed by atoms with Crippen LogP contribution in [-0.4, -0.2) is 23.6 Å². The minimum Gasteiger partial charge on any atom is -0.354 e. The summed E-state index contributed by atoms with van der Waals surface area (Å²) in [5.74, 6) is 1.09. The molecule has 1 aliphatic heterocycles. The second-order valence-corrected chi connectivity index (χ2v) is 7.23. The van der Waals surface area contributed by atoms with E-state index in [9.17, 15) is 4.39 Å². The van der Waals surface area contributed by atoms with Crippen LogP contribution in [0, 0.1) is 11.7 Å². The van der Waals surface area contributed by atoms with Crippen molar-refractivity contribution in [3.05, 3.63) is 23.6 Å². The second-order valence-electron chi connectivity index (χ2n) is 7.23. The first kappa shape index (κ1) is 16.2. The van der Waals surface area contributed by atoms with Crippen molar-refractivity contribution < 1.29 is 4.39 Å². The predicted molar refractivity (Wildman–Crippen MR) is 86.0 cm³/mol. The molecule has 0 saturated carbocycles. The van der Waals surface area contributed by atoms with E-state index >= 15 is 0 Å². The average Bonchev–Trinajstić information content (AvgIpc) is 2.61. The van der Waals surface area contributed by atoms with E-state index in [2.05, 4.69) is 42.9 Å². The van der Waals surface area contributed by atoms with Crippen LogP contribution in [0.3, 0.4) is 0 Å². The molecule has 118 valence electrons. The third-order valence-electron chi connectivity index (χ3n) is 4.08. The van der Waals surface area contributed by atoms with E-state index in [1.807, 2.05) is 0 Å². The van der Waals surface area contributed by atoms with Crippen LogP contribution in [0.2, 0.25) is 0 Å². The Hall–Kier alpha value is -1.16. The highest BCUT2D eigenvalue weighted by molar-refractivity contribution is 5.43. The quantitative estimate of drug-likeness (QED) is 0.920. The number of pyridine rings is 1. The van der Waals surface area contributed by atoms with E-state index in [0.29, 0.717) is 17.9 Å². The standard InChI is InChI=1S/C17H28FN3/c1-13-6-5-10-21(11-8-13)16-15(18)14(7-9-19-16)12-20-17(2,3)4/h7,9,13,20H,5-6,8,10-12H2,1-4H3. The van der Waals surface area contributed by atoms with Crippen LogP contribution in [0.25, 0.3) is 0 Å². The first-order valence-electron chi connectivity index (χ1n) is 8.00. The average molecular weight is 293 g/mol. The Morgan fingerprint density at radius 3 is 2.81 bits per heavy atom. The van der Waals surface area contributed by atoms with Crippen LogP contribution in [-0.2, 0) is 6.54 Å². The molecule has 0 aliphatic carbocycles. The van der Waals surface area contributed by atoms with Crippen molar-refractivity contribution in [3.8, 4) is 0 Å². The van der Waals surface area contributed by atoms with Gasteiger partial charge in [0.15, 0.2) is 11.6 Å². The van der Waals surface area contributed by atoms with E-state index in [1.165, 1.54) is 6.42 Å².